The second kappa shape index (κ2) is 38.4. The van der Waals surface area contributed by atoms with Crippen molar-refractivity contribution in [3.05, 3.63) is 119 Å². The van der Waals surface area contributed by atoms with Crippen molar-refractivity contribution >= 4 is 33.3 Å². The molecule has 0 spiro atoms. The Bertz CT molecular complexity index is 1810. The number of methoxy groups -OCH3 is 2. The zero-order valence-electron chi connectivity index (χ0n) is 44.8. The number of phenols is 2. The molecule has 0 amide bonds. The molecule has 4 aromatic carbocycles. The van der Waals surface area contributed by atoms with Crippen LogP contribution in [-0.4, -0.2) is 111 Å². The fourth-order valence-electron chi connectivity index (χ4n) is 6.34. The van der Waals surface area contributed by atoms with Gasteiger partial charge in [-0.05, 0) is 181 Å². The summed E-state index contributed by atoms with van der Waals surface area (Å²) in [6, 6.07) is 36.8. The van der Waals surface area contributed by atoms with Crippen LogP contribution in [0, 0.1) is 0 Å². The average Bonchev–Trinajstić information content (AvgIpc) is 3.31. The minimum atomic E-state index is -1.44. The monoisotopic (exact) mass is 1020 g/mol. The summed E-state index contributed by atoms with van der Waals surface area (Å²) in [5.41, 5.74) is 5.02. The number of aryl methyl sites for hydroxylation is 4. The van der Waals surface area contributed by atoms with Crippen molar-refractivity contribution in [2.24, 2.45) is 0 Å². The molecule has 0 atom stereocenters. The van der Waals surface area contributed by atoms with Crippen LogP contribution in [0.1, 0.15) is 47.9 Å². The van der Waals surface area contributed by atoms with Gasteiger partial charge in [0.15, 0.2) is 44.8 Å². The van der Waals surface area contributed by atoms with Gasteiger partial charge in [-0.2, -0.15) is 0 Å². The predicted octanol–water partition coefficient (Wildman–Crippen LogP) is 13.5. The van der Waals surface area contributed by atoms with Crippen LogP contribution in [0.4, 0.5) is 0 Å². The maximum absolute atomic E-state index is 9.58. The largest absolute Gasteiger partial charge is 0.508 e. The van der Waals surface area contributed by atoms with Gasteiger partial charge in [0.1, 0.15) is 11.5 Å². The fraction of sp³-hybridized carbons (Fsp3) is 0.538. The summed E-state index contributed by atoms with van der Waals surface area (Å²) >= 11 is 0. The lowest BCUT2D eigenvalue weighted by Crippen LogP contribution is -2.28. The van der Waals surface area contributed by atoms with Gasteiger partial charge in [-0.15, -0.1) is 0 Å². The van der Waals surface area contributed by atoms with Crippen molar-refractivity contribution in [3.8, 4) is 23.0 Å². The van der Waals surface area contributed by atoms with E-state index in [1.165, 1.54) is 62.3 Å². The predicted molar refractivity (Wildman–Crippen MR) is 292 cm³/mol. The van der Waals surface area contributed by atoms with Crippen LogP contribution in [-0.2, 0) is 53.2 Å². The Morgan fingerprint density at radius 3 is 1.18 bits per heavy atom. The number of ether oxygens (including phenoxy) is 2. The normalized spacial score (nSPS) is 11.1. The number of aromatic hydroxyl groups is 2. The van der Waals surface area contributed by atoms with Gasteiger partial charge in [-0.3, -0.25) is 10.5 Å². The van der Waals surface area contributed by atoms with E-state index < -0.39 is 33.3 Å². The third kappa shape index (κ3) is 34.8. The molecule has 4 aromatic rings. The van der Waals surface area contributed by atoms with Crippen LogP contribution in [0.3, 0.4) is 0 Å². The maximum atomic E-state index is 9.58. The Kier molecular flexibility index (Phi) is 37.7. The standard InChI is InChI=1S/C13H22O3Si.C13H22O2Si.C12H20O2Si.C12H20OSi.2CH4O2/c1-15-13-10-11(7-8-12(13)14)6-5-9-17(3,4)16-2;1-14-13-9-5-7-12(11-13)8-6-10-16(3,4)15-2;1-14-15(2,3)10-6-8-11-7-4-5-9-12(11)13;1-13-14(2,3)11-7-10-12-8-5-4-6-9-12;2*1-3-2/h7-8,10,14H,5-6,9H2,1-4H3;5,7,9,11H,6,8,10H2,1-4H3;4-5,7,9,13H,6,8,10H2,1-3H3;4-6,8-9H,7,10-11H2,1-3H3;2*2H,1H3. The first-order chi connectivity index (χ1) is 32.1. The number of hydrogen-bond acceptors (Lipinski definition) is 12. The van der Waals surface area contributed by atoms with Crippen molar-refractivity contribution in [3.63, 3.8) is 0 Å². The van der Waals surface area contributed by atoms with E-state index in [1.54, 1.807) is 40.6 Å². The molecule has 0 heterocycles. The lowest BCUT2D eigenvalue weighted by Gasteiger charge is -2.19. The van der Waals surface area contributed by atoms with Gasteiger partial charge in [0.25, 0.3) is 0 Å². The molecule has 4 N–H and O–H groups in total. The third-order valence-electron chi connectivity index (χ3n) is 11.4. The lowest BCUT2D eigenvalue weighted by atomic mass is 10.1. The SMILES string of the molecule is COO.COO.CO[Si](C)(C)CCCc1ccccc1.CO[Si](C)(C)CCCc1ccccc1O.COc1cc(CCC[Si](C)(C)OC)ccc1O.COc1cccc(CCC[Si](C)(C)OC)c1. The summed E-state index contributed by atoms with van der Waals surface area (Å²) in [5.74, 6) is 2.10. The number of rotatable bonds is 22. The van der Waals surface area contributed by atoms with Gasteiger partial charge in [0.05, 0.1) is 28.4 Å². The fourth-order valence-corrected chi connectivity index (χ4v) is 11.3. The summed E-state index contributed by atoms with van der Waals surface area (Å²) in [5, 5.41) is 33.2. The Morgan fingerprint density at radius 1 is 0.382 bits per heavy atom. The highest BCUT2D eigenvalue weighted by atomic mass is 28.4. The summed E-state index contributed by atoms with van der Waals surface area (Å²) in [4.78, 5) is 6.50. The molecular weight excluding hydrogens is 929 g/mol. The van der Waals surface area contributed by atoms with Crippen molar-refractivity contribution < 1.29 is 57.7 Å². The van der Waals surface area contributed by atoms with E-state index in [0.717, 1.165) is 55.5 Å². The minimum absolute atomic E-state index is 0.197. The van der Waals surface area contributed by atoms with E-state index in [0.29, 0.717) is 11.5 Å². The molecule has 0 fully saturated rings. The van der Waals surface area contributed by atoms with Gasteiger partial charge in [-0.25, -0.2) is 9.78 Å². The maximum Gasteiger partial charge on any atom is 0.186 e. The molecule has 0 aromatic heterocycles. The molecule has 4 rings (SSSR count). The molecule has 0 aliphatic heterocycles. The molecule has 0 bridgehead atoms. The molecular formula is C52H92O12Si4. The molecule has 68 heavy (non-hydrogen) atoms. The molecule has 388 valence electrons. The van der Waals surface area contributed by atoms with Crippen molar-refractivity contribution in [2.75, 3.05) is 56.9 Å². The number of benzene rings is 4. The van der Waals surface area contributed by atoms with Crippen molar-refractivity contribution in [2.45, 2.75) is 128 Å². The Balaban J connectivity index is 0. The molecule has 0 saturated carbocycles. The molecule has 0 saturated heterocycles. The van der Waals surface area contributed by atoms with E-state index >= 15 is 0 Å². The first kappa shape index (κ1) is 66.7. The van der Waals surface area contributed by atoms with Gasteiger partial charge >= 0.3 is 0 Å². The third-order valence-corrected chi connectivity index (χ3v) is 22.0. The lowest BCUT2D eigenvalue weighted by molar-refractivity contribution is -0.215. The number of para-hydroxylation sites is 1. The Morgan fingerprint density at radius 2 is 0.765 bits per heavy atom. The van der Waals surface area contributed by atoms with Gasteiger partial charge in [-0.1, -0.05) is 66.7 Å². The number of hydrogen-bond donors (Lipinski definition) is 4. The summed E-state index contributed by atoms with van der Waals surface area (Å²) in [6.07, 6.45) is 8.86. The smallest absolute Gasteiger partial charge is 0.186 e. The van der Waals surface area contributed by atoms with Crippen LogP contribution in [0.5, 0.6) is 23.0 Å². The van der Waals surface area contributed by atoms with Crippen LogP contribution in [0.2, 0.25) is 76.6 Å². The quantitative estimate of drug-likeness (QED) is 0.0336. The summed E-state index contributed by atoms with van der Waals surface area (Å²) in [6.45, 7) is 18.0. The van der Waals surface area contributed by atoms with Gasteiger partial charge in [0, 0.05) is 28.4 Å². The highest BCUT2D eigenvalue weighted by molar-refractivity contribution is 6.72. The molecule has 12 nitrogen and oxygen atoms in total. The van der Waals surface area contributed by atoms with Crippen LogP contribution in [0.25, 0.3) is 0 Å². The summed E-state index contributed by atoms with van der Waals surface area (Å²) in [7, 11) is 7.32. The van der Waals surface area contributed by atoms with E-state index in [2.05, 4.69) is 105 Å². The highest BCUT2D eigenvalue weighted by Gasteiger charge is 2.22. The van der Waals surface area contributed by atoms with E-state index in [4.69, 9.17) is 37.7 Å². The molecule has 0 aliphatic carbocycles. The van der Waals surface area contributed by atoms with E-state index in [1.807, 2.05) is 56.7 Å². The molecule has 0 unspecified atom stereocenters. The molecule has 0 radical (unpaired) electrons. The van der Waals surface area contributed by atoms with Crippen LogP contribution >= 0.6 is 0 Å². The molecule has 0 aliphatic rings. The topological polar surface area (TPSA) is 155 Å². The number of phenolic OH excluding ortho intramolecular Hbond substituents is 2. The summed E-state index contributed by atoms with van der Waals surface area (Å²) < 4.78 is 32.3. The Hall–Kier alpha value is -3.37. The average molecular weight is 1020 g/mol. The van der Waals surface area contributed by atoms with E-state index in [-0.39, 0.29) is 5.75 Å². The Labute approximate surface area is 416 Å². The minimum Gasteiger partial charge on any atom is -0.508 e. The van der Waals surface area contributed by atoms with E-state index in [9.17, 15) is 10.2 Å². The van der Waals surface area contributed by atoms with Crippen molar-refractivity contribution in [1.29, 1.82) is 0 Å². The van der Waals surface area contributed by atoms with Gasteiger partial charge < -0.3 is 37.4 Å². The van der Waals surface area contributed by atoms with Crippen LogP contribution in [0.15, 0.2) is 97.1 Å². The highest BCUT2D eigenvalue weighted by Crippen LogP contribution is 2.28. The first-order valence-electron chi connectivity index (χ1n) is 23.4. The second-order valence-corrected chi connectivity index (χ2v) is 36.3. The molecule has 16 heteroatoms. The first-order valence-corrected chi connectivity index (χ1v) is 35.9. The second-order valence-electron chi connectivity index (χ2n) is 18.6. The zero-order chi connectivity index (χ0) is 52.1. The van der Waals surface area contributed by atoms with Crippen molar-refractivity contribution in [1.82, 2.24) is 0 Å². The van der Waals surface area contributed by atoms with Crippen LogP contribution < -0.4 is 9.47 Å². The zero-order valence-corrected chi connectivity index (χ0v) is 48.8. The van der Waals surface area contributed by atoms with Gasteiger partial charge in [0.2, 0.25) is 0 Å².